The molecule has 144 valence electrons. The van der Waals surface area contributed by atoms with Crippen LogP contribution in [0.25, 0.3) is 0 Å². The smallest absolute Gasteiger partial charge is 0.225 e. The van der Waals surface area contributed by atoms with E-state index in [1.54, 1.807) is 0 Å². The van der Waals surface area contributed by atoms with E-state index in [4.69, 9.17) is 10.5 Å². The summed E-state index contributed by atoms with van der Waals surface area (Å²) in [6, 6.07) is 18.2. The average molecular weight is 367 g/mol. The van der Waals surface area contributed by atoms with Crippen LogP contribution in [0.2, 0.25) is 0 Å². The molecule has 1 aliphatic carbocycles. The van der Waals surface area contributed by atoms with Crippen LogP contribution < -0.4 is 11.1 Å². The summed E-state index contributed by atoms with van der Waals surface area (Å²) in [6.07, 6.45) is 3.98. The Balaban J connectivity index is 1.55. The molecule has 0 bridgehead atoms. The van der Waals surface area contributed by atoms with Crippen molar-refractivity contribution in [3.8, 4) is 0 Å². The second-order valence-corrected chi connectivity index (χ2v) is 7.77. The molecule has 0 radical (unpaired) electrons. The predicted octanol–water partition coefficient (Wildman–Crippen LogP) is 3.93. The summed E-state index contributed by atoms with van der Waals surface area (Å²) in [7, 11) is 0. The number of hydrogen-bond acceptors (Lipinski definition) is 3. The fraction of sp³-hybridized carbons (Fsp3) is 0.435. The van der Waals surface area contributed by atoms with Gasteiger partial charge in [0.2, 0.25) is 5.91 Å². The highest BCUT2D eigenvalue weighted by atomic mass is 16.5. The topological polar surface area (TPSA) is 64.4 Å². The van der Waals surface area contributed by atoms with Crippen LogP contribution in [-0.2, 0) is 29.3 Å². The monoisotopic (exact) mass is 366 g/mol. The lowest BCUT2D eigenvalue weighted by Crippen LogP contribution is -2.52. The van der Waals surface area contributed by atoms with Crippen LogP contribution >= 0.6 is 0 Å². The fourth-order valence-electron chi connectivity index (χ4n) is 3.82. The Labute approximate surface area is 162 Å². The van der Waals surface area contributed by atoms with Gasteiger partial charge >= 0.3 is 0 Å². The van der Waals surface area contributed by atoms with E-state index in [-0.39, 0.29) is 11.8 Å². The summed E-state index contributed by atoms with van der Waals surface area (Å²) in [5, 5.41) is 3.10. The molecule has 1 aliphatic rings. The third-order valence-corrected chi connectivity index (χ3v) is 5.51. The van der Waals surface area contributed by atoms with E-state index in [1.807, 2.05) is 43.3 Å². The lowest BCUT2D eigenvalue weighted by molar-refractivity contribution is -0.128. The van der Waals surface area contributed by atoms with Gasteiger partial charge in [0.05, 0.1) is 19.1 Å². The minimum atomic E-state index is -0.402. The van der Waals surface area contributed by atoms with Crippen molar-refractivity contribution < 1.29 is 9.53 Å². The number of carbonyl (C=O) groups is 1. The van der Waals surface area contributed by atoms with Crippen molar-refractivity contribution in [2.45, 2.75) is 57.9 Å². The van der Waals surface area contributed by atoms with Crippen molar-refractivity contribution in [2.75, 3.05) is 0 Å². The molecule has 3 N–H and O–H groups in total. The summed E-state index contributed by atoms with van der Waals surface area (Å²) < 4.78 is 5.87. The molecule has 4 nitrogen and oxygen atoms in total. The van der Waals surface area contributed by atoms with Gasteiger partial charge in [0, 0.05) is 12.1 Å². The molecule has 0 spiro atoms. The molecule has 1 fully saturated rings. The Hall–Kier alpha value is -2.17. The van der Waals surface area contributed by atoms with Gasteiger partial charge in [0.25, 0.3) is 0 Å². The van der Waals surface area contributed by atoms with Crippen molar-refractivity contribution in [1.29, 1.82) is 0 Å². The van der Waals surface area contributed by atoms with Crippen LogP contribution in [0.1, 0.15) is 49.3 Å². The molecule has 3 rings (SSSR count). The lowest BCUT2D eigenvalue weighted by Gasteiger charge is -2.37. The Morgan fingerprint density at radius 2 is 1.78 bits per heavy atom. The summed E-state index contributed by atoms with van der Waals surface area (Å²) in [5.41, 5.74) is 9.31. The molecule has 0 aliphatic heterocycles. The highest BCUT2D eigenvalue weighted by Gasteiger charge is 2.37. The van der Waals surface area contributed by atoms with Crippen LogP contribution in [0.4, 0.5) is 0 Å². The van der Waals surface area contributed by atoms with Crippen LogP contribution in [0, 0.1) is 5.92 Å². The Morgan fingerprint density at radius 3 is 2.52 bits per heavy atom. The predicted molar refractivity (Wildman–Crippen MR) is 108 cm³/mol. The van der Waals surface area contributed by atoms with Gasteiger partial charge in [-0.25, -0.2) is 0 Å². The summed E-state index contributed by atoms with van der Waals surface area (Å²) in [4.78, 5) is 12.7. The van der Waals surface area contributed by atoms with Gasteiger partial charge in [-0.2, -0.15) is 0 Å². The molecular formula is C23H30N2O2. The van der Waals surface area contributed by atoms with Crippen molar-refractivity contribution in [3.63, 3.8) is 0 Å². The molecular weight excluding hydrogens is 336 g/mol. The summed E-state index contributed by atoms with van der Waals surface area (Å²) in [6.45, 7) is 3.62. The highest BCUT2D eigenvalue weighted by molar-refractivity contribution is 5.80. The first kappa shape index (κ1) is 19.6. The SMILES string of the molecule is CC1(N)CCCCC1C(=O)NCc1ccccc1COCc1ccccc1. The molecule has 2 aromatic rings. The minimum absolute atomic E-state index is 0.0692. The molecule has 27 heavy (non-hydrogen) atoms. The number of carbonyl (C=O) groups excluding carboxylic acids is 1. The zero-order valence-corrected chi connectivity index (χ0v) is 16.1. The average Bonchev–Trinajstić information content (AvgIpc) is 2.67. The van der Waals surface area contributed by atoms with Gasteiger partial charge in [-0.1, -0.05) is 67.4 Å². The largest absolute Gasteiger partial charge is 0.372 e. The summed E-state index contributed by atoms with van der Waals surface area (Å²) in [5.74, 6) is -0.0348. The standard InChI is InChI=1S/C23H30N2O2/c1-23(24)14-8-7-13-21(23)22(26)25-15-19-11-5-6-12-20(19)17-27-16-18-9-3-2-4-10-18/h2-6,9-12,21H,7-8,13-17,24H2,1H3,(H,25,26). The second-order valence-electron chi connectivity index (χ2n) is 7.77. The van der Waals surface area contributed by atoms with Gasteiger partial charge in [0.15, 0.2) is 0 Å². The van der Waals surface area contributed by atoms with Crippen LogP contribution in [-0.4, -0.2) is 11.4 Å². The van der Waals surface area contributed by atoms with Gasteiger partial charge in [-0.3, -0.25) is 4.79 Å². The van der Waals surface area contributed by atoms with Crippen LogP contribution in [0.5, 0.6) is 0 Å². The maximum Gasteiger partial charge on any atom is 0.225 e. The molecule has 2 unspecified atom stereocenters. The first-order chi connectivity index (χ1) is 13.1. The van der Waals surface area contributed by atoms with Gasteiger partial charge in [-0.05, 0) is 36.5 Å². The first-order valence-electron chi connectivity index (χ1n) is 9.81. The Bertz CT molecular complexity index is 743. The maximum atomic E-state index is 12.7. The quantitative estimate of drug-likeness (QED) is 0.780. The molecule has 1 amide bonds. The van der Waals surface area contributed by atoms with E-state index >= 15 is 0 Å². The third-order valence-electron chi connectivity index (χ3n) is 5.51. The number of nitrogens with one attached hydrogen (secondary N) is 1. The van der Waals surface area contributed by atoms with Gasteiger partial charge in [0.1, 0.15) is 0 Å². The van der Waals surface area contributed by atoms with Gasteiger partial charge < -0.3 is 15.8 Å². The number of nitrogens with two attached hydrogens (primary N) is 1. The van der Waals surface area contributed by atoms with Crippen molar-refractivity contribution in [1.82, 2.24) is 5.32 Å². The summed E-state index contributed by atoms with van der Waals surface area (Å²) >= 11 is 0. The Morgan fingerprint density at radius 1 is 1.07 bits per heavy atom. The van der Waals surface area contributed by atoms with E-state index < -0.39 is 5.54 Å². The Kier molecular flexibility index (Phi) is 6.64. The fourth-order valence-corrected chi connectivity index (χ4v) is 3.82. The van der Waals surface area contributed by atoms with E-state index in [9.17, 15) is 4.79 Å². The minimum Gasteiger partial charge on any atom is -0.372 e. The normalized spacial score (nSPS) is 22.4. The molecule has 4 heteroatoms. The second kappa shape index (κ2) is 9.16. The van der Waals surface area contributed by atoms with Crippen molar-refractivity contribution >= 4 is 5.91 Å². The third kappa shape index (κ3) is 5.41. The maximum absolute atomic E-state index is 12.7. The number of amides is 1. The zero-order chi connectivity index (χ0) is 19.1. The van der Waals surface area contributed by atoms with E-state index in [2.05, 4.69) is 23.5 Å². The molecule has 0 saturated heterocycles. The zero-order valence-electron chi connectivity index (χ0n) is 16.1. The van der Waals surface area contributed by atoms with E-state index in [0.29, 0.717) is 19.8 Å². The number of ether oxygens (including phenoxy) is 1. The molecule has 0 heterocycles. The van der Waals surface area contributed by atoms with Gasteiger partial charge in [-0.15, -0.1) is 0 Å². The van der Waals surface area contributed by atoms with Crippen LogP contribution in [0.15, 0.2) is 54.6 Å². The van der Waals surface area contributed by atoms with E-state index in [1.165, 1.54) is 0 Å². The first-order valence-corrected chi connectivity index (χ1v) is 9.81. The number of hydrogen-bond donors (Lipinski definition) is 2. The molecule has 0 aromatic heterocycles. The van der Waals surface area contributed by atoms with Crippen molar-refractivity contribution in [2.24, 2.45) is 11.7 Å². The molecule has 2 atom stereocenters. The molecule has 1 saturated carbocycles. The van der Waals surface area contributed by atoms with E-state index in [0.717, 1.165) is 42.4 Å². The number of benzene rings is 2. The highest BCUT2D eigenvalue weighted by Crippen LogP contribution is 2.31. The van der Waals surface area contributed by atoms with Crippen LogP contribution in [0.3, 0.4) is 0 Å². The van der Waals surface area contributed by atoms with Crippen molar-refractivity contribution in [3.05, 3.63) is 71.3 Å². The lowest BCUT2D eigenvalue weighted by atomic mass is 9.74. The number of rotatable bonds is 7. The molecule has 2 aromatic carbocycles.